The van der Waals surface area contributed by atoms with Crippen molar-refractivity contribution in [1.29, 1.82) is 0 Å². The Labute approximate surface area is 114 Å². The molecule has 1 aliphatic rings. The number of benzene rings is 1. The minimum absolute atomic E-state index is 0.280. The van der Waals surface area contributed by atoms with Crippen molar-refractivity contribution in [3.63, 3.8) is 0 Å². The number of hydrogen-bond donors (Lipinski definition) is 2. The Hall–Kier alpha value is -1.25. The van der Waals surface area contributed by atoms with Gasteiger partial charge < -0.3 is 10.4 Å². The summed E-state index contributed by atoms with van der Waals surface area (Å²) in [7, 11) is 0. The molecule has 0 bridgehead atoms. The fourth-order valence-corrected chi connectivity index (χ4v) is 2.23. The van der Waals surface area contributed by atoms with E-state index in [1.807, 2.05) is 22.6 Å². The molecule has 0 fully saturated rings. The zero-order valence-electron chi connectivity index (χ0n) is 8.75. The quantitative estimate of drug-likeness (QED) is 0.748. The van der Waals surface area contributed by atoms with Crippen molar-refractivity contribution < 1.29 is 23.1 Å². The molecule has 1 aromatic rings. The number of halogens is 4. The summed E-state index contributed by atoms with van der Waals surface area (Å²) >= 11 is 2.01. The third-order valence-corrected chi connectivity index (χ3v) is 3.18. The highest BCUT2D eigenvalue weighted by Crippen LogP contribution is 2.35. The van der Waals surface area contributed by atoms with E-state index >= 15 is 0 Å². The van der Waals surface area contributed by atoms with Gasteiger partial charge in [-0.15, -0.1) is 0 Å². The predicted octanol–water partition coefficient (Wildman–Crippen LogP) is 3.12. The van der Waals surface area contributed by atoms with Crippen molar-refractivity contribution in [3.8, 4) is 0 Å². The Morgan fingerprint density at radius 3 is 2.61 bits per heavy atom. The van der Waals surface area contributed by atoms with E-state index in [-0.39, 0.29) is 5.69 Å². The van der Waals surface area contributed by atoms with Crippen molar-refractivity contribution in [1.82, 2.24) is 0 Å². The molecule has 1 aliphatic heterocycles. The lowest BCUT2D eigenvalue weighted by molar-refractivity contribution is -0.146. The maximum absolute atomic E-state index is 12.8. The van der Waals surface area contributed by atoms with Gasteiger partial charge in [-0.25, -0.2) is 4.79 Å². The highest BCUT2D eigenvalue weighted by atomic mass is 127. The fraction of sp³-hybridized carbons (Fsp3) is 0.182. The SMILES string of the molecule is O=C(O)C1=Cc2cc(I)ccc2NC1C(F)(F)F. The molecule has 1 unspecified atom stereocenters. The average molecular weight is 369 g/mol. The first-order chi connectivity index (χ1) is 8.29. The smallest absolute Gasteiger partial charge is 0.413 e. The van der Waals surface area contributed by atoms with Gasteiger partial charge >= 0.3 is 12.1 Å². The monoisotopic (exact) mass is 369 g/mol. The van der Waals surface area contributed by atoms with Crippen LogP contribution in [0.25, 0.3) is 6.08 Å². The van der Waals surface area contributed by atoms with Gasteiger partial charge in [0.1, 0.15) is 0 Å². The number of carbonyl (C=O) groups is 1. The molecule has 7 heteroatoms. The number of aliphatic carboxylic acids is 1. The molecular formula is C11H7F3INO2. The van der Waals surface area contributed by atoms with Crippen LogP contribution in [-0.4, -0.2) is 23.3 Å². The third kappa shape index (κ3) is 2.45. The Morgan fingerprint density at radius 2 is 2.06 bits per heavy atom. The van der Waals surface area contributed by atoms with Crippen LogP contribution >= 0.6 is 22.6 Å². The van der Waals surface area contributed by atoms with Crippen LogP contribution in [-0.2, 0) is 4.79 Å². The summed E-state index contributed by atoms with van der Waals surface area (Å²) in [5.41, 5.74) is 0.0274. The number of hydrogen-bond acceptors (Lipinski definition) is 2. The van der Waals surface area contributed by atoms with Crippen LogP contribution in [0.15, 0.2) is 23.8 Å². The Bertz CT molecular complexity index is 540. The van der Waals surface area contributed by atoms with Crippen LogP contribution in [0.1, 0.15) is 5.56 Å². The largest absolute Gasteiger partial charge is 0.478 e. The molecule has 0 aromatic heterocycles. The first-order valence-corrected chi connectivity index (χ1v) is 5.94. The van der Waals surface area contributed by atoms with Crippen molar-refractivity contribution >= 4 is 40.3 Å². The Balaban J connectivity index is 2.53. The first kappa shape index (κ1) is 13.2. The van der Waals surface area contributed by atoms with E-state index in [1.54, 1.807) is 12.1 Å². The minimum atomic E-state index is -4.65. The van der Waals surface area contributed by atoms with Gasteiger partial charge in [0, 0.05) is 9.26 Å². The van der Waals surface area contributed by atoms with Crippen LogP contribution in [0.4, 0.5) is 18.9 Å². The molecule has 96 valence electrons. The highest BCUT2D eigenvalue weighted by Gasteiger charge is 2.46. The van der Waals surface area contributed by atoms with Gasteiger partial charge in [-0.05, 0) is 52.4 Å². The molecule has 2 N–H and O–H groups in total. The van der Waals surface area contributed by atoms with Crippen LogP contribution in [0, 0.1) is 3.57 Å². The summed E-state index contributed by atoms with van der Waals surface area (Å²) in [5, 5.41) is 11.1. The molecule has 0 aliphatic carbocycles. The molecule has 0 saturated heterocycles. The van der Waals surface area contributed by atoms with E-state index in [0.717, 1.165) is 9.65 Å². The second-order valence-electron chi connectivity index (χ2n) is 3.76. The Morgan fingerprint density at radius 1 is 1.39 bits per heavy atom. The van der Waals surface area contributed by atoms with Gasteiger partial charge in [0.25, 0.3) is 0 Å². The lowest BCUT2D eigenvalue weighted by Crippen LogP contribution is -2.41. The lowest BCUT2D eigenvalue weighted by atomic mass is 9.97. The van der Waals surface area contributed by atoms with E-state index in [9.17, 15) is 18.0 Å². The third-order valence-electron chi connectivity index (χ3n) is 2.51. The van der Waals surface area contributed by atoms with Gasteiger partial charge in [0.15, 0.2) is 6.04 Å². The summed E-state index contributed by atoms with van der Waals surface area (Å²) in [6.07, 6.45) is -3.58. The molecule has 0 radical (unpaired) electrons. The zero-order valence-corrected chi connectivity index (χ0v) is 10.9. The number of fused-ring (bicyclic) bond motifs is 1. The highest BCUT2D eigenvalue weighted by molar-refractivity contribution is 14.1. The van der Waals surface area contributed by atoms with Crippen molar-refractivity contribution in [2.45, 2.75) is 12.2 Å². The van der Waals surface area contributed by atoms with E-state index in [2.05, 4.69) is 5.32 Å². The number of carboxylic acid groups (broad SMARTS) is 1. The van der Waals surface area contributed by atoms with Gasteiger partial charge in [-0.1, -0.05) is 0 Å². The van der Waals surface area contributed by atoms with Crippen LogP contribution in [0.5, 0.6) is 0 Å². The topological polar surface area (TPSA) is 49.3 Å². The molecule has 1 aromatic carbocycles. The Kier molecular flexibility index (Phi) is 3.26. The van der Waals surface area contributed by atoms with Crippen molar-refractivity contribution in [2.75, 3.05) is 5.32 Å². The van der Waals surface area contributed by atoms with E-state index < -0.39 is 23.8 Å². The van der Waals surface area contributed by atoms with Gasteiger partial charge in [-0.2, -0.15) is 13.2 Å². The fourth-order valence-electron chi connectivity index (χ4n) is 1.71. The van der Waals surface area contributed by atoms with Crippen molar-refractivity contribution in [3.05, 3.63) is 32.9 Å². The number of nitrogens with one attached hydrogen (secondary N) is 1. The summed E-state index contributed by atoms with van der Waals surface area (Å²) < 4.78 is 39.1. The molecule has 0 saturated carbocycles. The van der Waals surface area contributed by atoms with Gasteiger partial charge in [-0.3, -0.25) is 0 Å². The minimum Gasteiger partial charge on any atom is -0.478 e. The van der Waals surface area contributed by atoms with E-state index in [0.29, 0.717) is 5.56 Å². The number of anilines is 1. The lowest BCUT2D eigenvalue weighted by Gasteiger charge is -2.28. The molecule has 1 atom stereocenters. The standard InChI is InChI=1S/C11H7F3INO2/c12-11(13,14)9-7(10(17)18)4-5-3-6(15)1-2-8(5)16-9/h1-4,9,16H,(H,17,18). The maximum Gasteiger partial charge on any atom is 0.413 e. The molecule has 18 heavy (non-hydrogen) atoms. The number of alkyl halides is 3. The van der Waals surface area contributed by atoms with Crippen LogP contribution in [0.2, 0.25) is 0 Å². The molecule has 1 heterocycles. The first-order valence-electron chi connectivity index (χ1n) is 4.87. The van der Waals surface area contributed by atoms with Crippen LogP contribution < -0.4 is 5.32 Å². The average Bonchev–Trinajstić information content (AvgIpc) is 2.25. The normalized spacial score (nSPS) is 18.7. The second-order valence-corrected chi connectivity index (χ2v) is 5.00. The molecule has 0 spiro atoms. The second kappa shape index (κ2) is 4.45. The van der Waals surface area contributed by atoms with Crippen molar-refractivity contribution in [2.24, 2.45) is 0 Å². The molecular weight excluding hydrogens is 362 g/mol. The molecule has 0 amide bonds. The molecule has 2 rings (SSSR count). The summed E-state index contributed by atoms with van der Waals surface area (Å²) in [5.74, 6) is -1.57. The molecule has 3 nitrogen and oxygen atoms in total. The zero-order chi connectivity index (χ0) is 13.5. The summed E-state index contributed by atoms with van der Waals surface area (Å²) in [6, 6.07) is 2.60. The number of carboxylic acids is 1. The summed E-state index contributed by atoms with van der Waals surface area (Å²) in [4.78, 5) is 10.9. The number of rotatable bonds is 1. The maximum atomic E-state index is 12.8. The summed E-state index contributed by atoms with van der Waals surface area (Å²) in [6.45, 7) is 0. The van der Waals surface area contributed by atoms with E-state index in [1.165, 1.54) is 6.07 Å². The van der Waals surface area contributed by atoms with Gasteiger partial charge in [0.2, 0.25) is 0 Å². The van der Waals surface area contributed by atoms with Crippen LogP contribution in [0.3, 0.4) is 0 Å². The van der Waals surface area contributed by atoms with Gasteiger partial charge in [0.05, 0.1) is 5.57 Å². The van der Waals surface area contributed by atoms with E-state index in [4.69, 9.17) is 5.11 Å². The predicted molar refractivity (Wildman–Crippen MR) is 68.2 cm³/mol.